The highest BCUT2D eigenvalue weighted by Gasteiger charge is 2.27. The van der Waals surface area contributed by atoms with Gasteiger partial charge in [0.15, 0.2) is 0 Å². The molecule has 7 heteroatoms. The van der Waals surface area contributed by atoms with E-state index in [2.05, 4.69) is 0 Å². The van der Waals surface area contributed by atoms with E-state index in [1.165, 1.54) is 9.71 Å². The van der Waals surface area contributed by atoms with E-state index in [-0.39, 0.29) is 12.3 Å². The Kier molecular flexibility index (Phi) is 5.74. The molecule has 4 rings (SSSR count). The highest BCUT2D eigenvalue weighted by molar-refractivity contribution is 7.92. The number of amides is 1. The predicted molar refractivity (Wildman–Crippen MR) is 117 cm³/mol. The van der Waals surface area contributed by atoms with E-state index in [0.29, 0.717) is 26.2 Å². The van der Waals surface area contributed by atoms with Gasteiger partial charge in [0.2, 0.25) is 15.9 Å². The standard InChI is InChI=1S/C23H24N2O4S/c1-18-7-8-21-20(17-29-22(21)15-18)16-23(26)24-10-12-25(13-11-24)30(27,28)14-9-19-5-3-2-4-6-19/h2-9,14-15,17H,10-13,16H2,1H3. The maximum Gasteiger partial charge on any atom is 0.236 e. The van der Waals surface area contributed by atoms with Crippen molar-refractivity contribution in [3.63, 3.8) is 0 Å². The van der Waals surface area contributed by atoms with Crippen molar-refractivity contribution < 1.29 is 17.6 Å². The molecule has 1 fully saturated rings. The fourth-order valence-corrected chi connectivity index (χ4v) is 4.78. The summed E-state index contributed by atoms with van der Waals surface area (Å²) in [5.41, 5.74) is 3.57. The van der Waals surface area contributed by atoms with Gasteiger partial charge >= 0.3 is 0 Å². The third-order valence-corrected chi connectivity index (χ3v) is 6.90. The van der Waals surface area contributed by atoms with Crippen molar-refractivity contribution in [1.29, 1.82) is 0 Å². The summed E-state index contributed by atoms with van der Waals surface area (Å²) in [6, 6.07) is 15.2. The van der Waals surface area contributed by atoms with Gasteiger partial charge in [-0.3, -0.25) is 4.79 Å². The summed E-state index contributed by atoms with van der Waals surface area (Å²) < 4.78 is 32.2. The number of nitrogens with zero attached hydrogens (tertiary/aromatic N) is 2. The number of hydrogen-bond acceptors (Lipinski definition) is 4. The Morgan fingerprint density at radius 2 is 1.80 bits per heavy atom. The zero-order valence-corrected chi connectivity index (χ0v) is 17.6. The Balaban J connectivity index is 1.36. The molecule has 0 radical (unpaired) electrons. The lowest BCUT2D eigenvalue weighted by Gasteiger charge is -2.33. The van der Waals surface area contributed by atoms with Crippen LogP contribution in [0.2, 0.25) is 0 Å². The van der Waals surface area contributed by atoms with Crippen LogP contribution in [0.1, 0.15) is 16.7 Å². The first-order valence-corrected chi connectivity index (χ1v) is 11.4. The van der Waals surface area contributed by atoms with E-state index in [0.717, 1.165) is 27.7 Å². The van der Waals surface area contributed by atoms with E-state index in [4.69, 9.17) is 4.42 Å². The molecular formula is C23H24N2O4S. The van der Waals surface area contributed by atoms with Gasteiger partial charge in [0, 0.05) is 42.5 Å². The first-order valence-electron chi connectivity index (χ1n) is 9.90. The fourth-order valence-electron chi connectivity index (χ4n) is 3.61. The van der Waals surface area contributed by atoms with Gasteiger partial charge in [0.05, 0.1) is 12.7 Å². The topological polar surface area (TPSA) is 70.8 Å². The highest BCUT2D eigenvalue weighted by atomic mass is 32.2. The Labute approximate surface area is 176 Å². The lowest BCUT2D eigenvalue weighted by molar-refractivity contribution is -0.131. The molecule has 6 nitrogen and oxygen atoms in total. The number of hydrogen-bond donors (Lipinski definition) is 0. The Morgan fingerprint density at radius 3 is 2.53 bits per heavy atom. The number of benzene rings is 2. The van der Waals surface area contributed by atoms with Gasteiger partial charge in [0.25, 0.3) is 0 Å². The molecule has 0 bridgehead atoms. The van der Waals surface area contributed by atoms with Crippen molar-refractivity contribution in [3.05, 3.63) is 76.9 Å². The van der Waals surface area contributed by atoms with Gasteiger partial charge in [-0.2, -0.15) is 4.31 Å². The largest absolute Gasteiger partial charge is 0.464 e. The second kappa shape index (κ2) is 8.45. The quantitative estimate of drug-likeness (QED) is 0.629. The molecule has 0 atom stereocenters. The number of fused-ring (bicyclic) bond motifs is 1. The van der Waals surface area contributed by atoms with Gasteiger partial charge in [-0.05, 0) is 30.2 Å². The molecule has 156 valence electrons. The molecule has 1 saturated heterocycles. The molecule has 0 spiro atoms. The van der Waals surface area contributed by atoms with Crippen LogP contribution in [0.5, 0.6) is 0 Å². The van der Waals surface area contributed by atoms with Crippen LogP contribution in [0.15, 0.2) is 64.6 Å². The van der Waals surface area contributed by atoms with Crippen LogP contribution >= 0.6 is 0 Å². The summed E-state index contributed by atoms with van der Waals surface area (Å²) in [7, 11) is -3.51. The zero-order chi connectivity index (χ0) is 21.1. The molecule has 3 aromatic rings. The average molecular weight is 425 g/mol. The molecular weight excluding hydrogens is 400 g/mol. The first kappa shape index (κ1) is 20.4. The van der Waals surface area contributed by atoms with Crippen LogP contribution in [0.3, 0.4) is 0 Å². The lowest BCUT2D eigenvalue weighted by Crippen LogP contribution is -2.50. The van der Waals surface area contributed by atoms with Crippen LogP contribution in [0.25, 0.3) is 17.0 Å². The molecule has 0 unspecified atom stereocenters. The van der Waals surface area contributed by atoms with Crippen molar-refractivity contribution in [2.75, 3.05) is 26.2 Å². The summed E-state index contributed by atoms with van der Waals surface area (Å²) in [6.07, 6.45) is 3.48. The Morgan fingerprint density at radius 1 is 1.07 bits per heavy atom. The Bertz CT molecular complexity index is 1170. The SMILES string of the molecule is Cc1ccc2c(CC(=O)N3CCN(S(=O)(=O)C=Cc4ccccc4)CC3)coc2c1. The normalized spacial score (nSPS) is 15.8. The molecule has 2 aromatic carbocycles. The van der Waals surface area contributed by atoms with Gasteiger partial charge < -0.3 is 9.32 Å². The summed E-state index contributed by atoms with van der Waals surface area (Å²) in [6.45, 7) is 3.34. The minimum atomic E-state index is -3.51. The Hall–Kier alpha value is -2.90. The van der Waals surface area contributed by atoms with E-state index in [1.54, 1.807) is 17.2 Å². The third-order valence-electron chi connectivity index (χ3n) is 5.34. The second-order valence-corrected chi connectivity index (χ2v) is 9.29. The molecule has 0 aliphatic carbocycles. The van der Waals surface area contributed by atoms with Crippen LogP contribution in [-0.2, 0) is 21.2 Å². The number of piperazine rings is 1. The minimum Gasteiger partial charge on any atom is -0.464 e. The maximum absolute atomic E-state index is 12.7. The predicted octanol–water partition coefficient (Wildman–Crippen LogP) is 3.43. The first-order chi connectivity index (χ1) is 14.4. The minimum absolute atomic E-state index is 0.0184. The van der Waals surface area contributed by atoms with Gasteiger partial charge in [-0.1, -0.05) is 42.5 Å². The molecule has 0 N–H and O–H groups in total. The van der Waals surface area contributed by atoms with E-state index in [1.807, 2.05) is 55.5 Å². The van der Waals surface area contributed by atoms with E-state index >= 15 is 0 Å². The van der Waals surface area contributed by atoms with Crippen molar-refractivity contribution in [3.8, 4) is 0 Å². The molecule has 1 aliphatic rings. The molecule has 0 saturated carbocycles. The molecule has 1 amide bonds. The van der Waals surface area contributed by atoms with Crippen LogP contribution in [-0.4, -0.2) is 49.7 Å². The van der Waals surface area contributed by atoms with Gasteiger partial charge in [-0.25, -0.2) is 8.42 Å². The number of carbonyl (C=O) groups is 1. The number of furan rings is 1. The lowest BCUT2D eigenvalue weighted by atomic mass is 10.1. The monoisotopic (exact) mass is 424 g/mol. The molecule has 2 heterocycles. The molecule has 1 aromatic heterocycles. The second-order valence-electron chi connectivity index (χ2n) is 7.48. The fraction of sp³-hybridized carbons (Fsp3) is 0.261. The third kappa shape index (κ3) is 4.47. The van der Waals surface area contributed by atoms with Crippen LogP contribution < -0.4 is 0 Å². The number of carbonyl (C=O) groups excluding carboxylic acids is 1. The van der Waals surface area contributed by atoms with Crippen LogP contribution in [0, 0.1) is 6.92 Å². The van der Waals surface area contributed by atoms with Crippen molar-refractivity contribution in [1.82, 2.24) is 9.21 Å². The number of aryl methyl sites for hydroxylation is 1. The average Bonchev–Trinajstić information content (AvgIpc) is 3.15. The van der Waals surface area contributed by atoms with Gasteiger partial charge in [0.1, 0.15) is 5.58 Å². The highest BCUT2D eigenvalue weighted by Crippen LogP contribution is 2.23. The molecule has 30 heavy (non-hydrogen) atoms. The molecule has 1 aliphatic heterocycles. The summed E-state index contributed by atoms with van der Waals surface area (Å²) in [5, 5.41) is 2.18. The van der Waals surface area contributed by atoms with Crippen molar-refractivity contribution in [2.45, 2.75) is 13.3 Å². The van der Waals surface area contributed by atoms with Crippen LogP contribution in [0.4, 0.5) is 0 Å². The maximum atomic E-state index is 12.7. The van der Waals surface area contributed by atoms with Crippen molar-refractivity contribution in [2.24, 2.45) is 0 Å². The van der Waals surface area contributed by atoms with E-state index < -0.39 is 10.0 Å². The summed E-state index contributed by atoms with van der Waals surface area (Å²) in [5.74, 6) is -0.0184. The van der Waals surface area contributed by atoms with Crippen molar-refractivity contribution >= 4 is 33.0 Å². The smallest absolute Gasteiger partial charge is 0.236 e. The van der Waals surface area contributed by atoms with E-state index in [9.17, 15) is 13.2 Å². The van der Waals surface area contributed by atoms with Gasteiger partial charge in [-0.15, -0.1) is 0 Å². The summed E-state index contributed by atoms with van der Waals surface area (Å²) in [4.78, 5) is 14.5. The summed E-state index contributed by atoms with van der Waals surface area (Å²) >= 11 is 0. The number of sulfonamides is 1. The zero-order valence-electron chi connectivity index (χ0n) is 16.8. The number of rotatable bonds is 5.